The molecule has 3 aromatic heterocycles. The van der Waals surface area contributed by atoms with Gasteiger partial charge in [-0.25, -0.2) is 9.67 Å². The van der Waals surface area contributed by atoms with Crippen molar-refractivity contribution < 1.29 is 9.90 Å². The number of aryl methyl sites for hydroxylation is 1. The molecule has 2 N–H and O–H groups in total. The minimum atomic E-state index is -0.244. The average molecular weight is 520 g/mol. The summed E-state index contributed by atoms with van der Waals surface area (Å²) < 4.78 is 3.26. The lowest BCUT2D eigenvalue weighted by Gasteiger charge is -2.58. The largest absolute Gasteiger partial charge is 0.393 e. The number of nitrogens with one attached hydrogen (secondary N) is 1. The Morgan fingerprint density at radius 3 is 2.78 bits per heavy atom. The number of tetrazole rings is 1. The molecule has 6 rings (SSSR count). The van der Waals surface area contributed by atoms with Gasteiger partial charge in [0.05, 0.1) is 30.1 Å². The van der Waals surface area contributed by atoms with Crippen molar-refractivity contribution in [2.45, 2.75) is 39.0 Å². The van der Waals surface area contributed by atoms with Crippen molar-refractivity contribution in [3.8, 4) is 5.69 Å². The van der Waals surface area contributed by atoms with Gasteiger partial charge in [0.15, 0.2) is 0 Å². The van der Waals surface area contributed by atoms with Crippen LogP contribution in [0.1, 0.15) is 40.0 Å². The lowest BCUT2D eigenvalue weighted by Crippen LogP contribution is -2.64. The van der Waals surface area contributed by atoms with Crippen molar-refractivity contribution in [3.63, 3.8) is 0 Å². The van der Waals surface area contributed by atoms with E-state index in [-0.39, 0.29) is 18.6 Å². The number of aliphatic hydroxyl groups excluding tert-OH is 1. The van der Waals surface area contributed by atoms with E-state index in [1.54, 1.807) is 35.3 Å². The monoisotopic (exact) mass is 519 g/mol. The fourth-order valence-electron chi connectivity index (χ4n) is 5.25. The highest BCUT2D eigenvalue weighted by molar-refractivity contribution is 6.30. The number of aromatic nitrogens is 7. The van der Waals surface area contributed by atoms with Crippen LogP contribution in [0, 0.1) is 12.3 Å². The summed E-state index contributed by atoms with van der Waals surface area (Å²) in [5, 5.41) is 28.7. The number of halogens is 1. The first-order valence-corrected chi connectivity index (χ1v) is 12.5. The minimum Gasteiger partial charge on any atom is -0.393 e. The van der Waals surface area contributed by atoms with Gasteiger partial charge in [-0.05, 0) is 65.6 Å². The summed E-state index contributed by atoms with van der Waals surface area (Å²) >= 11 is 6.17. The molecule has 4 heterocycles. The van der Waals surface area contributed by atoms with Gasteiger partial charge < -0.3 is 15.3 Å². The summed E-state index contributed by atoms with van der Waals surface area (Å²) in [5.74, 6) is 0.725. The first-order valence-electron chi connectivity index (χ1n) is 12.1. The number of carbonyl (C=O) groups is 1. The number of amides is 1. The molecule has 0 radical (unpaired) electrons. The van der Waals surface area contributed by atoms with Crippen molar-refractivity contribution in [1.29, 1.82) is 0 Å². The molecule has 2 fully saturated rings. The van der Waals surface area contributed by atoms with Gasteiger partial charge in [-0.1, -0.05) is 17.7 Å². The van der Waals surface area contributed by atoms with Gasteiger partial charge >= 0.3 is 0 Å². The molecule has 1 aromatic carbocycles. The number of aliphatic hydroxyl groups is 1. The fourth-order valence-corrected chi connectivity index (χ4v) is 5.45. The molecular formula is C25H26ClN9O2. The minimum absolute atomic E-state index is 0.133. The maximum atomic E-state index is 12.8. The third kappa shape index (κ3) is 4.67. The summed E-state index contributed by atoms with van der Waals surface area (Å²) in [5.41, 5.74) is 4.24. The predicted octanol–water partition coefficient (Wildman–Crippen LogP) is 2.16. The zero-order valence-corrected chi connectivity index (χ0v) is 21.0. The Morgan fingerprint density at radius 2 is 2.05 bits per heavy atom. The highest BCUT2D eigenvalue weighted by atomic mass is 35.5. The maximum absolute atomic E-state index is 12.8. The Kier molecular flexibility index (Phi) is 5.88. The van der Waals surface area contributed by atoms with Gasteiger partial charge in [0.2, 0.25) is 0 Å². The summed E-state index contributed by atoms with van der Waals surface area (Å²) in [6.07, 6.45) is 6.43. The van der Waals surface area contributed by atoms with Gasteiger partial charge in [0.25, 0.3) is 5.91 Å². The summed E-state index contributed by atoms with van der Waals surface area (Å²) in [7, 11) is 0. The second-order valence-corrected chi connectivity index (χ2v) is 10.4. The number of nitrogens with zero attached hydrogens (tertiary/aromatic N) is 8. The van der Waals surface area contributed by atoms with Crippen molar-refractivity contribution in [2.24, 2.45) is 5.41 Å². The van der Waals surface area contributed by atoms with Crippen molar-refractivity contribution in [1.82, 2.24) is 40.3 Å². The van der Waals surface area contributed by atoms with E-state index in [0.29, 0.717) is 22.5 Å². The molecule has 1 aliphatic heterocycles. The lowest BCUT2D eigenvalue weighted by atomic mass is 9.62. The van der Waals surface area contributed by atoms with E-state index in [0.717, 1.165) is 54.3 Å². The normalized spacial score (nSPS) is 16.5. The molecule has 1 saturated heterocycles. The van der Waals surface area contributed by atoms with E-state index < -0.39 is 0 Å². The highest BCUT2D eigenvalue weighted by Gasteiger charge is 2.52. The Balaban J connectivity index is 1.08. The molecule has 0 atom stereocenters. The zero-order chi connectivity index (χ0) is 25.6. The molecular weight excluding hydrogens is 494 g/mol. The molecule has 37 heavy (non-hydrogen) atoms. The number of benzene rings is 1. The fraction of sp³-hybridized carbons (Fsp3) is 0.360. The van der Waals surface area contributed by atoms with Crippen LogP contribution < -0.4 is 10.2 Å². The summed E-state index contributed by atoms with van der Waals surface area (Å²) in [6, 6.07) is 9.43. The van der Waals surface area contributed by atoms with Crippen molar-refractivity contribution >= 4 is 23.3 Å². The number of carbonyl (C=O) groups excluding carboxylic acids is 1. The van der Waals surface area contributed by atoms with Gasteiger partial charge in [-0.2, -0.15) is 5.10 Å². The molecule has 4 aromatic rings. The smallest absolute Gasteiger partial charge is 0.254 e. The van der Waals surface area contributed by atoms with E-state index in [4.69, 9.17) is 16.6 Å². The highest BCUT2D eigenvalue weighted by Crippen LogP contribution is 2.49. The first kappa shape index (κ1) is 23.6. The SMILES string of the molecule is Cc1nc(N2CC3(CC(O)C3)C2)ccc1Cn1cc(C(=O)NCc2cc(Cl)ccc2-n2cnnn2)cn1. The summed E-state index contributed by atoms with van der Waals surface area (Å²) in [4.78, 5) is 19.9. The zero-order valence-electron chi connectivity index (χ0n) is 20.2. The Bertz CT molecular complexity index is 1440. The first-order chi connectivity index (χ1) is 17.9. The van der Waals surface area contributed by atoms with E-state index in [1.165, 1.54) is 11.0 Å². The quantitative estimate of drug-likeness (QED) is 0.380. The topological polar surface area (TPSA) is 127 Å². The second kappa shape index (κ2) is 9.24. The van der Waals surface area contributed by atoms with Crippen LogP contribution in [0.5, 0.6) is 0 Å². The molecule has 1 saturated carbocycles. The Labute approximate surface area is 218 Å². The molecule has 190 valence electrons. The third-order valence-electron chi connectivity index (χ3n) is 7.20. The van der Waals surface area contributed by atoms with Gasteiger partial charge in [0.1, 0.15) is 12.1 Å². The maximum Gasteiger partial charge on any atom is 0.254 e. The Hall–Kier alpha value is -3.83. The van der Waals surface area contributed by atoms with Crippen molar-refractivity contribution in [2.75, 3.05) is 18.0 Å². The van der Waals surface area contributed by atoms with Crippen LogP contribution in [0.15, 0.2) is 49.1 Å². The van der Waals surface area contributed by atoms with Crippen LogP contribution in [0.2, 0.25) is 5.02 Å². The number of rotatable bonds is 7. The van der Waals surface area contributed by atoms with Crippen LogP contribution >= 0.6 is 11.6 Å². The van der Waals surface area contributed by atoms with Crippen LogP contribution in [-0.4, -0.2) is 65.2 Å². The Morgan fingerprint density at radius 1 is 1.22 bits per heavy atom. The predicted molar refractivity (Wildman–Crippen MR) is 136 cm³/mol. The molecule has 0 bridgehead atoms. The van der Waals surface area contributed by atoms with E-state index in [1.807, 2.05) is 13.0 Å². The molecule has 1 spiro atoms. The number of hydrogen-bond donors (Lipinski definition) is 2. The molecule has 2 aliphatic rings. The molecule has 0 unspecified atom stereocenters. The molecule has 12 heteroatoms. The van der Waals surface area contributed by atoms with Crippen LogP contribution in [-0.2, 0) is 13.1 Å². The van der Waals surface area contributed by atoms with Crippen LogP contribution in [0.4, 0.5) is 5.82 Å². The van der Waals surface area contributed by atoms with E-state index in [9.17, 15) is 9.90 Å². The molecule has 1 aliphatic carbocycles. The van der Waals surface area contributed by atoms with E-state index >= 15 is 0 Å². The van der Waals surface area contributed by atoms with Crippen LogP contribution in [0.3, 0.4) is 0 Å². The van der Waals surface area contributed by atoms with Gasteiger partial charge in [-0.15, -0.1) is 5.10 Å². The van der Waals surface area contributed by atoms with Gasteiger partial charge in [-0.3, -0.25) is 9.48 Å². The third-order valence-corrected chi connectivity index (χ3v) is 7.43. The standard InChI is InChI=1S/C25H26ClN9O2/c1-16-17(2-5-23(30-16)33-13-25(14-33)7-21(36)8-25)11-34-12-19(10-29-34)24(37)27-9-18-6-20(26)3-4-22(18)35-15-28-31-32-35/h2-6,10,12,15,21,36H,7-9,11,13-14H2,1H3,(H,27,37). The average Bonchev–Trinajstić information content (AvgIpc) is 3.53. The molecule has 1 amide bonds. The lowest BCUT2D eigenvalue weighted by molar-refractivity contribution is -0.0494. The number of anilines is 1. The molecule has 11 nitrogen and oxygen atoms in total. The summed E-state index contributed by atoms with van der Waals surface area (Å²) in [6.45, 7) is 4.67. The van der Waals surface area contributed by atoms with Crippen LogP contribution in [0.25, 0.3) is 5.69 Å². The van der Waals surface area contributed by atoms with Gasteiger partial charge in [0, 0.05) is 42.0 Å². The van der Waals surface area contributed by atoms with Crippen molar-refractivity contribution in [3.05, 3.63) is 76.5 Å². The number of pyridine rings is 1. The van der Waals surface area contributed by atoms with E-state index in [2.05, 4.69) is 36.9 Å². The number of hydrogen-bond acceptors (Lipinski definition) is 8. The second-order valence-electron chi connectivity index (χ2n) is 9.97.